The highest BCUT2D eigenvalue weighted by molar-refractivity contribution is 5.73. The highest BCUT2D eigenvalue weighted by Gasteiger charge is 2.28. The molecule has 2 aliphatic rings. The van der Waals surface area contributed by atoms with Gasteiger partial charge in [0.25, 0.3) is 0 Å². The molecule has 18 heavy (non-hydrogen) atoms. The van der Waals surface area contributed by atoms with Gasteiger partial charge in [-0.2, -0.15) is 0 Å². The molecule has 1 aliphatic heterocycles. The molecular weight excluding hydrogens is 228 g/mol. The number of rotatable bonds is 3. The van der Waals surface area contributed by atoms with E-state index in [1.54, 1.807) is 13.3 Å². The molecule has 5 nitrogen and oxygen atoms in total. The maximum atomic E-state index is 11.0. The van der Waals surface area contributed by atoms with Gasteiger partial charge in [0, 0.05) is 43.7 Å². The molecule has 0 unspecified atom stereocenters. The van der Waals surface area contributed by atoms with Crippen LogP contribution in [0, 0.1) is 0 Å². The molecule has 0 radical (unpaired) electrons. The lowest BCUT2D eigenvalue weighted by molar-refractivity contribution is -0.119. The molecule has 96 valence electrons. The third kappa shape index (κ3) is 2.44. The van der Waals surface area contributed by atoms with E-state index in [1.807, 2.05) is 0 Å². The van der Waals surface area contributed by atoms with Crippen molar-refractivity contribution in [2.75, 3.05) is 18.0 Å². The highest BCUT2D eigenvalue weighted by atomic mass is 16.1. The minimum absolute atomic E-state index is 0.0446. The van der Waals surface area contributed by atoms with Crippen molar-refractivity contribution in [3.63, 3.8) is 0 Å². The Labute approximate surface area is 107 Å². The maximum Gasteiger partial charge on any atom is 0.217 e. The number of aromatic nitrogens is 2. The summed E-state index contributed by atoms with van der Waals surface area (Å²) in [6, 6.07) is 2.36. The van der Waals surface area contributed by atoms with Gasteiger partial charge < -0.3 is 10.2 Å². The fourth-order valence-electron chi connectivity index (χ4n) is 2.51. The smallest absolute Gasteiger partial charge is 0.217 e. The van der Waals surface area contributed by atoms with E-state index in [0.717, 1.165) is 25.3 Å². The Morgan fingerprint density at radius 3 is 2.94 bits per heavy atom. The van der Waals surface area contributed by atoms with Crippen LogP contribution in [0.5, 0.6) is 0 Å². The summed E-state index contributed by atoms with van der Waals surface area (Å²) in [6.45, 7) is 3.37. The van der Waals surface area contributed by atoms with Crippen molar-refractivity contribution in [3.05, 3.63) is 18.1 Å². The third-order valence-electron chi connectivity index (χ3n) is 3.59. The number of hydrogen-bond donors (Lipinski definition) is 1. The lowest BCUT2D eigenvalue weighted by Gasteiger charge is -2.18. The fourth-order valence-corrected chi connectivity index (χ4v) is 2.51. The Kier molecular flexibility index (Phi) is 2.89. The second kappa shape index (κ2) is 4.55. The van der Waals surface area contributed by atoms with E-state index in [0.29, 0.717) is 5.92 Å². The molecule has 1 aromatic rings. The minimum atomic E-state index is 0.0446. The standard InChI is InChI=1S/C13H18N4O/c1-9(18)16-11-4-5-17(7-11)13-6-12(10-2-3-10)14-8-15-13/h6,8,10-11H,2-5,7H2,1H3,(H,16,18)/t11-/m0/s1. The molecule has 0 spiro atoms. The summed E-state index contributed by atoms with van der Waals surface area (Å²) >= 11 is 0. The lowest BCUT2D eigenvalue weighted by Crippen LogP contribution is -2.35. The Hall–Kier alpha value is -1.65. The largest absolute Gasteiger partial charge is 0.354 e. The van der Waals surface area contributed by atoms with Crippen LogP contribution in [0.2, 0.25) is 0 Å². The normalized spacial score (nSPS) is 23.2. The first-order valence-electron chi connectivity index (χ1n) is 6.56. The molecule has 1 saturated carbocycles. The zero-order valence-corrected chi connectivity index (χ0v) is 10.6. The van der Waals surface area contributed by atoms with E-state index in [2.05, 4.69) is 26.3 Å². The maximum absolute atomic E-state index is 11.0. The molecule has 1 atom stereocenters. The first kappa shape index (κ1) is 11.4. The van der Waals surface area contributed by atoms with Crippen molar-refractivity contribution in [2.24, 2.45) is 0 Å². The van der Waals surface area contributed by atoms with E-state index in [9.17, 15) is 4.79 Å². The van der Waals surface area contributed by atoms with Crippen molar-refractivity contribution < 1.29 is 4.79 Å². The molecular formula is C13H18N4O. The van der Waals surface area contributed by atoms with E-state index >= 15 is 0 Å². The Balaban J connectivity index is 1.68. The minimum Gasteiger partial charge on any atom is -0.354 e. The molecule has 1 N–H and O–H groups in total. The summed E-state index contributed by atoms with van der Waals surface area (Å²) in [5, 5.41) is 2.97. The first-order valence-corrected chi connectivity index (χ1v) is 6.56. The Morgan fingerprint density at radius 1 is 1.39 bits per heavy atom. The Bertz CT molecular complexity index is 458. The molecule has 1 amide bonds. The van der Waals surface area contributed by atoms with Gasteiger partial charge in [0.15, 0.2) is 0 Å². The summed E-state index contributed by atoms with van der Waals surface area (Å²) in [5.41, 5.74) is 1.17. The highest BCUT2D eigenvalue weighted by Crippen LogP contribution is 2.39. The van der Waals surface area contributed by atoms with Crippen LogP contribution in [0.1, 0.15) is 37.8 Å². The summed E-state index contributed by atoms with van der Waals surface area (Å²) in [6.07, 6.45) is 5.16. The van der Waals surface area contributed by atoms with Crippen LogP contribution >= 0.6 is 0 Å². The van der Waals surface area contributed by atoms with Gasteiger partial charge in [-0.3, -0.25) is 4.79 Å². The first-order chi connectivity index (χ1) is 8.72. The van der Waals surface area contributed by atoms with Crippen molar-refractivity contribution in [1.29, 1.82) is 0 Å². The summed E-state index contributed by atoms with van der Waals surface area (Å²) in [7, 11) is 0. The van der Waals surface area contributed by atoms with Crippen LogP contribution in [0.4, 0.5) is 5.82 Å². The van der Waals surface area contributed by atoms with Crippen molar-refractivity contribution in [1.82, 2.24) is 15.3 Å². The van der Waals surface area contributed by atoms with Gasteiger partial charge in [0.05, 0.1) is 0 Å². The number of nitrogens with one attached hydrogen (secondary N) is 1. The van der Waals surface area contributed by atoms with E-state index in [1.165, 1.54) is 18.5 Å². The van der Waals surface area contributed by atoms with Crippen LogP contribution in [0.3, 0.4) is 0 Å². The quantitative estimate of drug-likeness (QED) is 0.866. The van der Waals surface area contributed by atoms with E-state index in [4.69, 9.17) is 0 Å². The predicted molar refractivity (Wildman–Crippen MR) is 68.4 cm³/mol. The lowest BCUT2D eigenvalue weighted by atomic mass is 10.2. The molecule has 1 aromatic heterocycles. The third-order valence-corrected chi connectivity index (χ3v) is 3.59. The van der Waals surface area contributed by atoms with Gasteiger partial charge in [-0.25, -0.2) is 9.97 Å². The molecule has 3 rings (SSSR count). The molecule has 0 aromatic carbocycles. The number of amides is 1. The summed E-state index contributed by atoms with van der Waals surface area (Å²) < 4.78 is 0. The summed E-state index contributed by atoms with van der Waals surface area (Å²) in [4.78, 5) is 21.9. The van der Waals surface area contributed by atoms with Crippen LogP contribution < -0.4 is 10.2 Å². The average molecular weight is 246 g/mol. The fraction of sp³-hybridized carbons (Fsp3) is 0.615. The van der Waals surface area contributed by atoms with Gasteiger partial charge in [0.1, 0.15) is 12.1 Å². The van der Waals surface area contributed by atoms with Crippen LogP contribution in [-0.4, -0.2) is 35.0 Å². The van der Waals surface area contributed by atoms with E-state index in [-0.39, 0.29) is 11.9 Å². The van der Waals surface area contributed by atoms with E-state index < -0.39 is 0 Å². The van der Waals surface area contributed by atoms with Gasteiger partial charge in [-0.15, -0.1) is 0 Å². The van der Waals surface area contributed by atoms with Crippen molar-refractivity contribution >= 4 is 11.7 Å². The van der Waals surface area contributed by atoms with Gasteiger partial charge in [0.2, 0.25) is 5.91 Å². The van der Waals surface area contributed by atoms with Crippen LogP contribution in [0.15, 0.2) is 12.4 Å². The monoisotopic (exact) mass is 246 g/mol. The number of carbonyl (C=O) groups is 1. The SMILES string of the molecule is CC(=O)N[C@H]1CCN(c2cc(C3CC3)ncn2)C1. The predicted octanol–water partition coefficient (Wildman–Crippen LogP) is 1.07. The van der Waals surface area contributed by atoms with Crippen molar-refractivity contribution in [2.45, 2.75) is 38.1 Å². The molecule has 5 heteroatoms. The molecule has 1 saturated heterocycles. The second-order valence-corrected chi connectivity index (χ2v) is 5.21. The molecule has 0 bridgehead atoms. The number of hydrogen-bond acceptors (Lipinski definition) is 4. The van der Waals surface area contributed by atoms with Crippen LogP contribution in [-0.2, 0) is 4.79 Å². The zero-order valence-electron chi connectivity index (χ0n) is 10.6. The van der Waals surface area contributed by atoms with Crippen LogP contribution in [0.25, 0.3) is 0 Å². The van der Waals surface area contributed by atoms with Gasteiger partial charge >= 0.3 is 0 Å². The molecule has 1 aliphatic carbocycles. The number of anilines is 1. The topological polar surface area (TPSA) is 58.1 Å². The Morgan fingerprint density at radius 2 is 2.22 bits per heavy atom. The van der Waals surface area contributed by atoms with Crippen molar-refractivity contribution in [3.8, 4) is 0 Å². The second-order valence-electron chi connectivity index (χ2n) is 5.21. The number of nitrogens with zero attached hydrogens (tertiary/aromatic N) is 3. The number of carbonyl (C=O) groups excluding carboxylic acids is 1. The van der Waals surface area contributed by atoms with Gasteiger partial charge in [-0.05, 0) is 19.3 Å². The summed E-state index contributed by atoms with van der Waals surface area (Å²) in [5.74, 6) is 1.70. The molecule has 2 heterocycles. The molecule has 2 fully saturated rings. The van der Waals surface area contributed by atoms with Gasteiger partial charge in [-0.1, -0.05) is 0 Å². The average Bonchev–Trinajstić information content (AvgIpc) is 3.10. The zero-order chi connectivity index (χ0) is 12.5.